The fraction of sp³-hybridized carbons (Fsp3) is 0.320. The second kappa shape index (κ2) is 8.27. The third-order valence-electron chi connectivity index (χ3n) is 5.92. The van der Waals surface area contributed by atoms with E-state index in [2.05, 4.69) is 12.2 Å². The molecule has 1 aliphatic rings. The first-order valence-electron chi connectivity index (χ1n) is 10.4. The first kappa shape index (κ1) is 20.1. The Bertz CT molecular complexity index is 1140. The lowest BCUT2D eigenvalue weighted by atomic mass is 9.84. The minimum atomic E-state index is -0.463. The highest BCUT2D eigenvalue weighted by Gasteiger charge is 2.26. The Labute approximate surface area is 176 Å². The van der Waals surface area contributed by atoms with Gasteiger partial charge in [0.05, 0.1) is 11.1 Å². The molecule has 1 unspecified atom stereocenters. The van der Waals surface area contributed by atoms with Gasteiger partial charge in [0.15, 0.2) is 6.61 Å². The van der Waals surface area contributed by atoms with E-state index in [-0.39, 0.29) is 12.5 Å². The number of esters is 1. The molecule has 5 heteroatoms. The molecule has 0 spiro atoms. The fourth-order valence-corrected chi connectivity index (χ4v) is 4.07. The normalized spacial score (nSPS) is 15.5. The molecule has 3 aromatic rings. The van der Waals surface area contributed by atoms with Crippen LogP contribution in [0.5, 0.6) is 0 Å². The number of amides is 1. The van der Waals surface area contributed by atoms with Crippen molar-refractivity contribution in [2.75, 3.05) is 11.9 Å². The average molecular weight is 402 g/mol. The number of hydrogen-bond acceptors (Lipinski definition) is 4. The van der Waals surface area contributed by atoms with Crippen LogP contribution in [-0.4, -0.2) is 23.5 Å². The van der Waals surface area contributed by atoms with E-state index in [1.165, 1.54) is 0 Å². The van der Waals surface area contributed by atoms with E-state index in [0.29, 0.717) is 11.5 Å². The lowest BCUT2D eigenvalue weighted by molar-refractivity contribution is -0.119. The van der Waals surface area contributed by atoms with Gasteiger partial charge in [0.25, 0.3) is 5.91 Å². The standard InChI is InChI=1S/C25H26N2O3/c1-15-11-12-22-19(13-15)24(18-8-4-5-9-21(18)26-22)25(29)30-14-23(28)27-20-10-6-7-16(2)17(20)3/h4-10,15H,11-14H2,1-3H3,(H,27,28). The van der Waals surface area contributed by atoms with Gasteiger partial charge in [0, 0.05) is 16.8 Å². The quantitative estimate of drug-likeness (QED) is 0.638. The summed E-state index contributed by atoms with van der Waals surface area (Å²) in [6, 6.07) is 13.3. The summed E-state index contributed by atoms with van der Waals surface area (Å²) in [6.45, 7) is 5.80. The van der Waals surface area contributed by atoms with E-state index in [4.69, 9.17) is 9.72 Å². The number of aromatic nitrogens is 1. The molecule has 0 saturated carbocycles. The zero-order valence-electron chi connectivity index (χ0n) is 17.6. The molecule has 1 amide bonds. The summed E-state index contributed by atoms with van der Waals surface area (Å²) >= 11 is 0. The highest BCUT2D eigenvalue weighted by molar-refractivity contribution is 6.06. The first-order valence-corrected chi connectivity index (χ1v) is 10.4. The summed E-state index contributed by atoms with van der Waals surface area (Å²) < 4.78 is 5.46. The fourth-order valence-electron chi connectivity index (χ4n) is 4.07. The summed E-state index contributed by atoms with van der Waals surface area (Å²) in [5.74, 6) is -0.327. The van der Waals surface area contributed by atoms with Gasteiger partial charge in [-0.1, -0.05) is 37.3 Å². The second-order valence-corrected chi connectivity index (χ2v) is 8.15. The van der Waals surface area contributed by atoms with E-state index >= 15 is 0 Å². The number of aryl methyl sites for hydroxylation is 2. The van der Waals surface area contributed by atoms with Crippen LogP contribution in [0, 0.1) is 19.8 Å². The average Bonchev–Trinajstić information content (AvgIpc) is 2.73. The van der Waals surface area contributed by atoms with Crippen LogP contribution in [0.1, 0.15) is 46.1 Å². The molecular weight excluding hydrogens is 376 g/mol. The minimum absolute atomic E-state index is 0.326. The van der Waals surface area contributed by atoms with Crippen molar-refractivity contribution in [2.45, 2.75) is 40.0 Å². The summed E-state index contributed by atoms with van der Waals surface area (Å²) in [7, 11) is 0. The molecule has 1 aromatic heterocycles. The van der Waals surface area contributed by atoms with Crippen molar-refractivity contribution in [2.24, 2.45) is 5.92 Å². The second-order valence-electron chi connectivity index (χ2n) is 8.15. The molecule has 1 heterocycles. The molecule has 1 atom stereocenters. The summed E-state index contributed by atoms with van der Waals surface area (Å²) in [6.07, 6.45) is 2.71. The summed E-state index contributed by atoms with van der Waals surface area (Å²) in [4.78, 5) is 30.3. The molecule has 154 valence electrons. The first-order chi connectivity index (χ1) is 14.4. The number of nitrogens with zero attached hydrogens (tertiary/aromatic N) is 1. The smallest absolute Gasteiger partial charge is 0.339 e. The van der Waals surface area contributed by atoms with Crippen molar-refractivity contribution in [1.29, 1.82) is 0 Å². The molecule has 4 rings (SSSR count). The van der Waals surface area contributed by atoms with Crippen molar-refractivity contribution in [3.05, 3.63) is 70.4 Å². The maximum absolute atomic E-state index is 13.1. The number of carbonyl (C=O) groups is 2. The largest absolute Gasteiger partial charge is 0.452 e. The Kier molecular flexibility index (Phi) is 5.53. The van der Waals surface area contributed by atoms with Gasteiger partial charge in [-0.15, -0.1) is 0 Å². The number of ether oxygens (including phenoxy) is 1. The Morgan fingerprint density at radius 3 is 2.77 bits per heavy atom. The van der Waals surface area contributed by atoms with Crippen LogP contribution < -0.4 is 5.32 Å². The number of para-hydroxylation sites is 1. The predicted molar refractivity (Wildman–Crippen MR) is 118 cm³/mol. The van der Waals surface area contributed by atoms with E-state index in [9.17, 15) is 9.59 Å². The number of anilines is 1. The number of rotatable bonds is 4. The van der Waals surface area contributed by atoms with Gasteiger partial charge in [0.2, 0.25) is 0 Å². The van der Waals surface area contributed by atoms with E-state index < -0.39 is 5.97 Å². The Balaban J connectivity index is 1.57. The van der Waals surface area contributed by atoms with Crippen LogP contribution >= 0.6 is 0 Å². The van der Waals surface area contributed by atoms with E-state index in [1.807, 2.05) is 56.3 Å². The molecule has 0 saturated heterocycles. The van der Waals surface area contributed by atoms with Gasteiger partial charge >= 0.3 is 5.97 Å². The van der Waals surface area contributed by atoms with Crippen LogP contribution in [0.3, 0.4) is 0 Å². The van der Waals surface area contributed by atoms with Crippen LogP contribution in [0.4, 0.5) is 5.69 Å². The molecule has 5 nitrogen and oxygen atoms in total. The monoisotopic (exact) mass is 402 g/mol. The molecular formula is C25H26N2O3. The molecule has 2 aromatic carbocycles. The number of pyridine rings is 1. The van der Waals surface area contributed by atoms with Gasteiger partial charge in [-0.25, -0.2) is 4.79 Å². The molecule has 1 aliphatic carbocycles. The van der Waals surface area contributed by atoms with E-state index in [0.717, 1.165) is 58.2 Å². The van der Waals surface area contributed by atoms with E-state index in [1.54, 1.807) is 0 Å². The number of hydrogen-bond donors (Lipinski definition) is 1. The Morgan fingerprint density at radius 2 is 1.93 bits per heavy atom. The molecule has 1 N–H and O–H groups in total. The lowest BCUT2D eigenvalue weighted by Crippen LogP contribution is -2.24. The lowest BCUT2D eigenvalue weighted by Gasteiger charge is -2.24. The highest BCUT2D eigenvalue weighted by atomic mass is 16.5. The van der Waals surface area contributed by atoms with Crippen molar-refractivity contribution in [3.63, 3.8) is 0 Å². The van der Waals surface area contributed by atoms with Crippen LogP contribution in [0.15, 0.2) is 42.5 Å². The maximum Gasteiger partial charge on any atom is 0.339 e. The van der Waals surface area contributed by atoms with Crippen molar-refractivity contribution < 1.29 is 14.3 Å². The van der Waals surface area contributed by atoms with Gasteiger partial charge in [-0.3, -0.25) is 9.78 Å². The molecule has 0 aliphatic heterocycles. The van der Waals surface area contributed by atoms with Crippen LogP contribution in [0.2, 0.25) is 0 Å². The summed E-state index contributed by atoms with van der Waals surface area (Å²) in [5.41, 5.74) is 6.11. The van der Waals surface area contributed by atoms with Crippen molar-refractivity contribution in [3.8, 4) is 0 Å². The van der Waals surface area contributed by atoms with Gasteiger partial charge < -0.3 is 10.1 Å². The van der Waals surface area contributed by atoms with Gasteiger partial charge in [-0.2, -0.15) is 0 Å². The molecule has 0 bridgehead atoms. The molecule has 0 radical (unpaired) electrons. The van der Waals surface area contributed by atoms with Gasteiger partial charge in [0.1, 0.15) is 0 Å². The number of fused-ring (bicyclic) bond motifs is 2. The third-order valence-corrected chi connectivity index (χ3v) is 5.92. The minimum Gasteiger partial charge on any atom is -0.452 e. The van der Waals surface area contributed by atoms with Gasteiger partial charge in [-0.05, 0) is 67.9 Å². The number of nitrogens with one attached hydrogen (secondary N) is 1. The zero-order chi connectivity index (χ0) is 21.3. The molecule has 30 heavy (non-hydrogen) atoms. The predicted octanol–water partition coefficient (Wildman–Crippen LogP) is 4.77. The Morgan fingerprint density at radius 1 is 1.13 bits per heavy atom. The van der Waals surface area contributed by atoms with Crippen molar-refractivity contribution >= 4 is 28.5 Å². The third kappa shape index (κ3) is 3.92. The molecule has 0 fully saturated rings. The maximum atomic E-state index is 13.1. The van der Waals surface area contributed by atoms with Crippen molar-refractivity contribution in [1.82, 2.24) is 4.98 Å². The summed E-state index contributed by atoms with van der Waals surface area (Å²) in [5, 5.41) is 3.62. The SMILES string of the molecule is Cc1cccc(NC(=O)COC(=O)c2c3c(nc4ccccc24)CCC(C)C3)c1C. The number of carbonyl (C=O) groups excluding carboxylic acids is 2. The number of benzene rings is 2. The van der Waals surface area contributed by atoms with Crippen LogP contribution in [0.25, 0.3) is 10.9 Å². The topological polar surface area (TPSA) is 68.3 Å². The zero-order valence-corrected chi connectivity index (χ0v) is 17.6. The Hall–Kier alpha value is -3.21. The highest BCUT2D eigenvalue weighted by Crippen LogP contribution is 2.32. The van der Waals surface area contributed by atoms with Crippen LogP contribution in [-0.2, 0) is 22.4 Å².